The number of amides is 1. The van der Waals surface area contributed by atoms with Crippen LogP contribution in [0.15, 0.2) is 4.47 Å². The Balaban J connectivity index is 2.88. The maximum Gasteiger partial charge on any atom is 0.272 e. The third-order valence-electron chi connectivity index (χ3n) is 1.42. The first-order valence-electron chi connectivity index (χ1n) is 3.65. The Kier molecular flexibility index (Phi) is 2.86. The molecule has 1 aromatic heterocycles. The van der Waals surface area contributed by atoms with E-state index in [1.54, 1.807) is 0 Å². The molecule has 2 N–H and O–H groups in total. The molecule has 0 radical (unpaired) electrons. The van der Waals surface area contributed by atoms with Gasteiger partial charge in [0, 0.05) is 12.2 Å². The summed E-state index contributed by atoms with van der Waals surface area (Å²) in [6, 6.07) is 0. The van der Waals surface area contributed by atoms with Crippen molar-refractivity contribution < 1.29 is 4.79 Å². The first-order valence-corrected chi connectivity index (χ1v) is 4.44. The molecular formula is C7H10BrN3O. The van der Waals surface area contributed by atoms with Gasteiger partial charge in [-0.1, -0.05) is 0 Å². The number of halogens is 1. The number of carbonyl (C=O) groups is 1. The number of rotatable bonds is 2. The van der Waals surface area contributed by atoms with Crippen LogP contribution in [-0.4, -0.2) is 22.6 Å². The van der Waals surface area contributed by atoms with Gasteiger partial charge < -0.3 is 5.32 Å². The van der Waals surface area contributed by atoms with Crippen LogP contribution in [0.1, 0.15) is 23.1 Å². The summed E-state index contributed by atoms with van der Waals surface area (Å²) < 4.78 is 0.730. The summed E-state index contributed by atoms with van der Waals surface area (Å²) in [5.74, 6) is -0.159. The maximum absolute atomic E-state index is 11.3. The van der Waals surface area contributed by atoms with Gasteiger partial charge in [-0.25, -0.2) is 0 Å². The van der Waals surface area contributed by atoms with Crippen LogP contribution >= 0.6 is 15.9 Å². The molecule has 0 saturated heterocycles. The molecule has 0 aromatic carbocycles. The van der Waals surface area contributed by atoms with E-state index in [0.717, 1.165) is 10.2 Å². The van der Waals surface area contributed by atoms with Crippen LogP contribution in [0.3, 0.4) is 0 Å². The lowest BCUT2D eigenvalue weighted by molar-refractivity contribution is 0.0950. The summed E-state index contributed by atoms with van der Waals surface area (Å²) in [7, 11) is 0. The lowest BCUT2D eigenvalue weighted by atomic mass is 10.3. The Morgan fingerprint density at radius 3 is 2.83 bits per heavy atom. The van der Waals surface area contributed by atoms with Gasteiger partial charge in [0.25, 0.3) is 5.91 Å². The third-order valence-corrected chi connectivity index (χ3v) is 2.40. The lowest BCUT2D eigenvalue weighted by Gasteiger charge is -1.97. The Morgan fingerprint density at radius 1 is 1.75 bits per heavy atom. The number of carbonyl (C=O) groups excluding carboxylic acids is 1. The van der Waals surface area contributed by atoms with Crippen LogP contribution in [-0.2, 0) is 0 Å². The summed E-state index contributed by atoms with van der Waals surface area (Å²) in [5, 5.41) is 9.23. The van der Waals surface area contributed by atoms with Gasteiger partial charge in [0.2, 0.25) is 0 Å². The fraction of sp³-hybridized carbons (Fsp3) is 0.429. The van der Waals surface area contributed by atoms with Crippen molar-refractivity contribution in [3.63, 3.8) is 0 Å². The highest BCUT2D eigenvalue weighted by molar-refractivity contribution is 9.10. The average Bonchev–Trinajstić information content (AvgIpc) is 2.34. The minimum absolute atomic E-state index is 0.159. The Morgan fingerprint density at radius 2 is 2.42 bits per heavy atom. The second-order valence-electron chi connectivity index (χ2n) is 2.37. The van der Waals surface area contributed by atoms with Gasteiger partial charge in [-0.15, -0.1) is 0 Å². The first-order chi connectivity index (χ1) is 5.66. The highest BCUT2D eigenvalue weighted by atomic mass is 79.9. The van der Waals surface area contributed by atoms with Gasteiger partial charge in [0.15, 0.2) is 5.69 Å². The summed E-state index contributed by atoms with van der Waals surface area (Å²) >= 11 is 3.27. The fourth-order valence-electron chi connectivity index (χ4n) is 0.810. The molecule has 0 aliphatic rings. The SMILES string of the molecule is CCNC(=O)c1n[nH]c(C)c1Br. The van der Waals surface area contributed by atoms with E-state index in [4.69, 9.17) is 0 Å². The molecule has 0 fully saturated rings. The summed E-state index contributed by atoms with van der Waals surface area (Å²) in [6.07, 6.45) is 0. The van der Waals surface area contributed by atoms with Crippen molar-refractivity contribution in [2.45, 2.75) is 13.8 Å². The van der Waals surface area contributed by atoms with E-state index in [2.05, 4.69) is 31.4 Å². The molecule has 12 heavy (non-hydrogen) atoms. The van der Waals surface area contributed by atoms with Crippen molar-refractivity contribution in [3.05, 3.63) is 15.9 Å². The summed E-state index contributed by atoms with van der Waals surface area (Å²) in [4.78, 5) is 11.3. The van der Waals surface area contributed by atoms with Crippen LogP contribution in [0.5, 0.6) is 0 Å². The molecule has 1 rings (SSSR count). The van der Waals surface area contributed by atoms with Gasteiger partial charge in [0.1, 0.15) is 0 Å². The average molecular weight is 232 g/mol. The zero-order chi connectivity index (χ0) is 9.14. The molecule has 5 heteroatoms. The molecule has 1 heterocycles. The molecule has 0 atom stereocenters. The van der Waals surface area contributed by atoms with E-state index in [1.165, 1.54) is 0 Å². The van der Waals surface area contributed by atoms with Gasteiger partial charge in [-0.05, 0) is 29.8 Å². The normalized spacial score (nSPS) is 9.92. The van der Waals surface area contributed by atoms with E-state index >= 15 is 0 Å². The quantitative estimate of drug-likeness (QED) is 0.805. The van der Waals surface area contributed by atoms with E-state index in [1.807, 2.05) is 13.8 Å². The fourth-order valence-corrected chi connectivity index (χ4v) is 1.17. The molecule has 0 unspecified atom stereocenters. The second kappa shape index (κ2) is 3.71. The molecular weight excluding hydrogens is 222 g/mol. The molecule has 0 spiro atoms. The van der Waals surface area contributed by atoms with E-state index in [-0.39, 0.29) is 5.91 Å². The topological polar surface area (TPSA) is 57.8 Å². The van der Waals surface area contributed by atoms with Gasteiger partial charge >= 0.3 is 0 Å². The molecule has 0 aliphatic carbocycles. The number of nitrogens with zero attached hydrogens (tertiary/aromatic N) is 1. The Hall–Kier alpha value is -0.840. The van der Waals surface area contributed by atoms with Crippen molar-refractivity contribution in [2.24, 2.45) is 0 Å². The van der Waals surface area contributed by atoms with Gasteiger partial charge in [-0.2, -0.15) is 5.10 Å². The van der Waals surface area contributed by atoms with Crippen LogP contribution in [0, 0.1) is 6.92 Å². The minimum Gasteiger partial charge on any atom is -0.351 e. The number of aromatic nitrogens is 2. The minimum atomic E-state index is -0.159. The number of nitrogens with one attached hydrogen (secondary N) is 2. The molecule has 1 aromatic rings. The molecule has 0 aliphatic heterocycles. The van der Waals surface area contributed by atoms with Crippen LogP contribution < -0.4 is 5.32 Å². The highest BCUT2D eigenvalue weighted by Crippen LogP contribution is 2.17. The van der Waals surface area contributed by atoms with Crippen LogP contribution in [0.4, 0.5) is 0 Å². The standard InChI is InChI=1S/C7H10BrN3O/c1-3-9-7(12)6-5(8)4(2)10-11-6/h3H2,1-2H3,(H,9,12)(H,10,11). The summed E-state index contributed by atoms with van der Waals surface area (Å²) in [5.41, 5.74) is 1.27. The van der Waals surface area contributed by atoms with Crippen molar-refractivity contribution in [3.8, 4) is 0 Å². The summed E-state index contributed by atoms with van der Waals surface area (Å²) in [6.45, 7) is 4.32. The predicted molar refractivity (Wildman–Crippen MR) is 49.0 cm³/mol. The first kappa shape index (κ1) is 9.25. The smallest absolute Gasteiger partial charge is 0.272 e. The third kappa shape index (κ3) is 1.66. The number of hydrogen-bond donors (Lipinski definition) is 2. The van der Waals surface area contributed by atoms with E-state index in [9.17, 15) is 4.79 Å². The van der Waals surface area contributed by atoms with Gasteiger partial charge in [0.05, 0.1) is 4.47 Å². The predicted octanol–water partition coefficient (Wildman–Crippen LogP) is 1.23. The second-order valence-corrected chi connectivity index (χ2v) is 3.16. The molecule has 4 nitrogen and oxygen atoms in total. The van der Waals surface area contributed by atoms with Crippen molar-refractivity contribution in [1.29, 1.82) is 0 Å². The zero-order valence-corrected chi connectivity index (χ0v) is 8.53. The largest absolute Gasteiger partial charge is 0.351 e. The number of hydrogen-bond acceptors (Lipinski definition) is 2. The van der Waals surface area contributed by atoms with Crippen LogP contribution in [0.25, 0.3) is 0 Å². The number of H-pyrrole nitrogens is 1. The molecule has 0 bridgehead atoms. The lowest BCUT2D eigenvalue weighted by Crippen LogP contribution is -2.23. The molecule has 0 saturated carbocycles. The monoisotopic (exact) mass is 231 g/mol. The van der Waals surface area contributed by atoms with Crippen molar-refractivity contribution in [1.82, 2.24) is 15.5 Å². The van der Waals surface area contributed by atoms with Crippen molar-refractivity contribution in [2.75, 3.05) is 6.54 Å². The van der Waals surface area contributed by atoms with E-state index in [0.29, 0.717) is 12.2 Å². The molecule has 1 amide bonds. The van der Waals surface area contributed by atoms with Crippen molar-refractivity contribution >= 4 is 21.8 Å². The highest BCUT2D eigenvalue weighted by Gasteiger charge is 2.13. The molecule has 66 valence electrons. The maximum atomic E-state index is 11.3. The van der Waals surface area contributed by atoms with Gasteiger partial charge in [-0.3, -0.25) is 9.89 Å². The Bertz CT molecular complexity index is 295. The zero-order valence-electron chi connectivity index (χ0n) is 6.94. The number of aromatic amines is 1. The number of aryl methyl sites for hydroxylation is 1. The Labute approximate surface area is 78.9 Å². The van der Waals surface area contributed by atoms with Crippen LogP contribution in [0.2, 0.25) is 0 Å². The van der Waals surface area contributed by atoms with E-state index < -0.39 is 0 Å².